The smallest absolute Gasteiger partial charge is 0.304 e. The average molecular weight is 238 g/mol. The molecule has 92 valence electrons. The second kappa shape index (κ2) is 6.59. The van der Waals surface area contributed by atoms with Crippen LogP contribution in [0.3, 0.4) is 0 Å². The highest BCUT2D eigenvalue weighted by Crippen LogP contribution is 2.11. The number of rotatable bonds is 7. The van der Waals surface area contributed by atoms with Crippen molar-refractivity contribution in [3.63, 3.8) is 0 Å². The molecule has 1 aromatic rings. The molecule has 0 unspecified atom stereocenters. The largest absolute Gasteiger partial charge is 0.481 e. The van der Waals surface area contributed by atoms with E-state index < -0.39 is 10.9 Å². The number of nitro groups is 1. The molecule has 0 aliphatic heterocycles. The molecular weight excluding hydrogens is 224 g/mol. The fourth-order valence-electron chi connectivity index (χ4n) is 1.34. The van der Waals surface area contributed by atoms with E-state index in [0.717, 1.165) is 12.0 Å². The van der Waals surface area contributed by atoms with Crippen LogP contribution in [0, 0.1) is 10.1 Å². The van der Waals surface area contributed by atoms with Gasteiger partial charge in [-0.3, -0.25) is 14.9 Å². The number of nitro benzene ring substituents is 1. The third-order valence-electron chi connectivity index (χ3n) is 2.25. The van der Waals surface area contributed by atoms with Crippen LogP contribution < -0.4 is 5.32 Å². The molecule has 0 radical (unpaired) electrons. The molecule has 1 aromatic carbocycles. The lowest BCUT2D eigenvalue weighted by atomic mass is 10.1. The maximum absolute atomic E-state index is 10.4. The molecule has 17 heavy (non-hydrogen) atoms. The highest BCUT2D eigenvalue weighted by atomic mass is 16.6. The third-order valence-corrected chi connectivity index (χ3v) is 2.25. The lowest BCUT2D eigenvalue weighted by Gasteiger charge is -2.03. The summed E-state index contributed by atoms with van der Waals surface area (Å²) >= 11 is 0. The average Bonchev–Trinajstić information content (AvgIpc) is 2.29. The SMILES string of the molecule is O=C(O)CCNCCc1ccc([N+](=O)[O-])cc1. The summed E-state index contributed by atoms with van der Waals surface area (Å²) in [5, 5.41) is 21.8. The summed E-state index contributed by atoms with van der Waals surface area (Å²) in [6.45, 7) is 1.09. The first kappa shape index (κ1) is 13.1. The van der Waals surface area contributed by atoms with E-state index in [0.29, 0.717) is 13.1 Å². The van der Waals surface area contributed by atoms with Crippen molar-refractivity contribution in [3.05, 3.63) is 39.9 Å². The van der Waals surface area contributed by atoms with Crippen LogP contribution in [0.2, 0.25) is 0 Å². The van der Waals surface area contributed by atoms with Crippen LogP contribution in [0.15, 0.2) is 24.3 Å². The molecule has 6 nitrogen and oxygen atoms in total. The molecule has 0 aliphatic rings. The number of hydrogen-bond acceptors (Lipinski definition) is 4. The van der Waals surface area contributed by atoms with Crippen molar-refractivity contribution in [2.45, 2.75) is 12.8 Å². The molecule has 0 spiro atoms. The van der Waals surface area contributed by atoms with Crippen LogP contribution in [0.25, 0.3) is 0 Å². The highest BCUT2D eigenvalue weighted by Gasteiger charge is 2.03. The second-order valence-corrected chi connectivity index (χ2v) is 3.57. The van der Waals surface area contributed by atoms with Crippen molar-refractivity contribution in [2.75, 3.05) is 13.1 Å². The summed E-state index contributed by atoms with van der Waals surface area (Å²) in [6.07, 6.45) is 0.817. The molecule has 0 saturated heterocycles. The van der Waals surface area contributed by atoms with Crippen molar-refractivity contribution in [2.24, 2.45) is 0 Å². The second-order valence-electron chi connectivity index (χ2n) is 3.57. The molecule has 6 heteroatoms. The Labute approximate surface area is 98.4 Å². The topological polar surface area (TPSA) is 92.5 Å². The summed E-state index contributed by atoms with van der Waals surface area (Å²) < 4.78 is 0. The molecule has 0 aromatic heterocycles. The number of nitrogens with one attached hydrogen (secondary N) is 1. The minimum absolute atomic E-state index is 0.0765. The lowest BCUT2D eigenvalue weighted by molar-refractivity contribution is -0.384. The van der Waals surface area contributed by atoms with Gasteiger partial charge in [0.2, 0.25) is 0 Å². The van der Waals surface area contributed by atoms with Gasteiger partial charge < -0.3 is 10.4 Å². The predicted molar refractivity (Wildman–Crippen MR) is 61.9 cm³/mol. The van der Waals surface area contributed by atoms with E-state index in [1.807, 2.05) is 0 Å². The van der Waals surface area contributed by atoms with Crippen molar-refractivity contribution in [1.29, 1.82) is 0 Å². The van der Waals surface area contributed by atoms with Gasteiger partial charge in [-0.1, -0.05) is 12.1 Å². The van der Waals surface area contributed by atoms with Gasteiger partial charge in [0.25, 0.3) is 5.69 Å². The number of carboxylic acids is 1. The Morgan fingerprint density at radius 2 is 1.94 bits per heavy atom. The zero-order valence-electron chi connectivity index (χ0n) is 9.26. The fraction of sp³-hybridized carbons (Fsp3) is 0.364. The van der Waals surface area contributed by atoms with Gasteiger partial charge in [0, 0.05) is 18.7 Å². The number of benzene rings is 1. The monoisotopic (exact) mass is 238 g/mol. The number of hydrogen-bond donors (Lipinski definition) is 2. The van der Waals surface area contributed by atoms with Gasteiger partial charge in [-0.15, -0.1) is 0 Å². The highest BCUT2D eigenvalue weighted by molar-refractivity contribution is 5.66. The van der Waals surface area contributed by atoms with E-state index in [9.17, 15) is 14.9 Å². The summed E-state index contributed by atoms with van der Waals surface area (Å²) in [4.78, 5) is 20.2. The molecule has 1 rings (SSSR count). The van der Waals surface area contributed by atoms with E-state index >= 15 is 0 Å². The van der Waals surface area contributed by atoms with E-state index in [4.69, 9.17) is 5.11 Å². The summed E-state index contributed by atoms with van der Waals surface area (Å²) in [6, 6.07) is 6.34. The first-order chi connectivity index (χ1) is 8.09. The van der Waals surface area contributed by atoms with Gasteiger partial charge in [-0.2, -0.15) is 0 Å². The third kappa shape index (κ3) is 5.07. The van der Waals surface area contributed by atoms with Crippen molar-refractivity contribution in [3.8, 4) is 0 Å². The van der Waals surface area contributed by atoms with Crippen LogP contribution >= 0.6 is 0 Å². The van der Waals surface area contributed by atoms with Gasteiger partial charge in [0.1, 0.15) is 0 Å². The summed E-state index contributed by atoms with van der Waals surface area (Å²) in [5.41, 5.74) is 1.06. The maximum Gasteiger partial charge on any atom is 0.304 e. The zero-order chi connectivity index (χ0) is 12.7. The van der Waals surface area contributed by atoms with E-state index in [1.165, 1.54) is 12.1 Å². The molecule has 0 bridgehead atoms. The van der Waals surface area contributed by atoms with Crippen molar-refractivity contribution >= 4 is 11.7 Å². The first-order valence-corrected chi connectivity index (χ1v) is 5.25. The van der Waals surface area contributed by atoms with Crippen LogP contribution in [0.1, 0.15) is 12.0 Å². The van der Waals surface area contributed by atoms with Crippen molar-refractivity contribution in [1.82, 2.24) is 5.32 Å². The number of non-ortho nitro benzene ring substituents is 1. The van der Waals surface area contributed by atoms with Gasteiger partial charge >= 0.3 is 5.97 Å². The minimum atomic E-state index is -0.826. The van der Waals surface area contributed by atoms with Crippen LogP contribution in [0.5, 0.6) is 0 Å². The Morgan fingerprint density at radius 1 is 1.29 bits per heavy atom. The van der Waals surface area contributed by atoms with Gasteiger partial charge in [0.05, 0.1) is 11.3 Å². The Kier molecular flexibility index (Phi) is 5.09. The molecule has 0 saturated carbocycles. The number of carbonyl (C=O) groups is 1. The van der Waals surface area contributed by atoms with E-state index in [2.05, 4.69) is 5.32 Å². The van der Waals surface area contributed by atoms with Crippen LogP contribution in [-0.2, 0) is 11.2 Å². The summed E-state index contributed by atoms with van der Waals surface area (Å²) in [5.74, 6) is -0.826. The Balaban J connectivity index is 2.27. The molecule has 0 amide bonds. The Bertz CT molecular complexity index is 389. The molecule has 2 N–H and O–H groups in total. The lowest BCUT2D eigenvalue weighted by Crippen LogP contribution is -2.20. The van der Waals surface area contributed by atoms with Gasteiger partial charge in [-0.25, -0.2) is 0 Å². The number of nitrogens with zero attached hydrogens (tertiary/aromatic N) is 1. The first-order valence-electron chi connectivity index (χ1n) is 5.25. The van der Waals surface area contributed by atoms with Crippen LogP contribution in [0.4, 0.5) is 5.69 Å². The van der Waals surface area contributed by atoms with Gasteiger partial charge in [-0.05, 0) is 18.5 Å². The molecule has 0 aliphatic carbocycles. The van der Waals surface area contributed by atoms with Crippen LogP contribution in [-0.4, -0.2) is 29.1 Å². The summed E-state index contributed by atoms with van der Waals surface area (Å²) in [7, 11) is 0. The molecule has 0 atom stereocenters. The fourth-order valence-corrected chi connectivity index (χ4v) is 1.34. The Hall–Kier alpha value is -1.95. The quantitative estimate of drug-likeness (QED) is 0.423. The number of carboxylic acid groups (broad SMARTS) is 1. The number of aliphatic carboxylic acids is 1. The standard InChI is InChI=1S/C11H14N2O4/c14-11(15)6-8-12-7-5-9-1-3-10(4-2-9)13(16)17/h1-4,12H,5-8H2,(H,14,15). The van der Waals surface area contributed by atoms with Crippen molar-refractivity contribution < 1.29 is 14.8 Å². The molecule has 0 heterocycles. The maximum atomic E-state index is 10.4. The predicted octanol–water partition coefficient (Wildman–Crippen LogP) is 1.20. The Morgan fingerprint density at radius 3 is 2.47 bits per heavy atom. The molecule has 0 fully saturated rings. The van der Waals surface area contributed by atoms with E-state index in [1.54, 1.807) is 12.1 Å². The zero-order valence-corrected chi connectivity index (χ0v) is 9.26. The normalized spacial score (nSPS) is 10.1. The van der Waals surface area contributed by atoms with E-state index in [-0.39, 0.29) is 12.1 Å². The van der Waals surface area contributed by atoms with Gasteiger partial charge in [0.15, 0.2) is 0 Å². The molecular formula is C11H14N2O4. The minimum Gasteiger partial charge on any atom is -0.481 e.